The molecule has 12 heteroatoms. The second-order valence-corrected chi connectivity index (χ2v) is 12.4. The number of phenols is 3. The van der Waals surface area contributed by atoms with E-state index >= 15 is 0 Å². The number of aromatic hydroxyl groups is 3. The molecule has 0 radical (unpaired) electrons. The first-order valence-electron chi connectivity index (χ1n) is 15.9. The van der Waals surface area contributed by atoms with Crippen molar-refractivity contribution in [3.8, 4) is 57.3 Å². The third kappa shape index (κ3) is 4.70. The fourth-order valence-electron chi connectivity index (χ4n) is 6.65. The number of nitrogens with one attached hydrogen (secondary N) is 1. The van der Waals surface area contributed by atoms with Crippen LogP contribution < -0.4 is 19.2 Å². The standard InChI is InChI=1S/C36H36N6O6/c1-19-12-25-26(16-28(19)40-10-7-11-40)38-35(37-25)21-13-29(46-3)33(44)31(14-21)48-41-17-22(18-41)42-27-9-6-5-8-24(27)39-36(42)23-15-30(47-4)34(45)32(43)20(23)2/h5-6,8-9,12-16,22,43-45H,7,10-11,17-18H2,1-4H3,(H,37,38). The van der Waals surface area contributed by atoms with Crippen molar-refractivity contribution in [1.29, 1.82) is 0 Å². The smallest absolute Gasteiger partial charge is 0.203 e. The van der Waals surface area contributed by atoms with Gasteiger partial charge in [0.2, 0.25) is 11.5 Å². The second kappa shape index (κ2) is 11.3. The molecule has 2 aromatic heterocycles. The molecule has 0 bridgehead atoms. The van der Waals surface area contributed by atoms with E-state index in [2.05, 4.69) is 33.5 Å². The number of hydroxylamine groups is 2. The molecular weight excluding hydrogens is 612 g/mol. The highest BCUT2D eigenvalue weighted by Crippen LogP contribution is 2.46. The summed E-state index contributed by atoms with van der Waals surface area (Å²) in [5.74, 6) is 1.30. The Bertz CT molecular complexity index is 2220. The van der Waals surface area contributed by atoms with Gasteiger partial charge in [-0.05, 0) is 68.3 Å². The molecule has 0 aliphatic carbocycles. The molecule has 4 heterocycles. The van der Waals surface area contributed by atoms with Crippen LogP contribution in [0.2, 0.25) is 0 Å². The van der Waals surface area contributed by atoms with Crippen LogP contribution in [-0.2, 0) is 0 Å². The molecule has 2 saturated heterocycles. The van der Waals surface area contributed by atoms with E-state index in [-0.39, 0.29) is 40.5 Å². The van der Waals surface area contributed by atoms with Gasteiger partial charge in [0.1, 0.15) is 11.6 Å². The van der Waals surface area contributed by atoms with Gasteiger partial charge in [-0.1, -0.05) is 12.1 Å². The maximum atomic E-state index is 11.1. The normalized spacial score (nSPS) is 15.1. The SMILES string of the molecule is COc1cc(-c2nc3cc(N4CCC4)c(C)cc3[nH]2)cc(ON2CC(n3c(-c4cc(OC)c(O)c(O)c4C)nc4ccccc43)C2)c1O. The van der Waals surface area contributed by atoms with Crippen molar-refractivity contribution in [2.45, 2.75) is 26.3 Å². The molecule has 246 valence electrons. The summed E-state index contributed by atoms with van der Waals surface area (Å²) in [7, 11) is 2.95. The summed E-state index contributed by atoms with van der Waals surface area (Å²) in [5.41, 5.74) is 7.78. The Morgan fingerprint density at radius 1 is 0.812 bits per heavy atom. The Labute approximate surface area is 276 Å². The zero-order chi connectivity index (χ0) is 33.3. The highest BCUT2D eigenvalue weighted by atomic mass is 16.7. The molecule has 0 atom stereocenters. The van der Waals surface area contributed by atoms with Crippen molar-refractivity contribution in [1.82, 2.24) is 24.6 Å². The number of aryl methyl sites for hydroxylation is 1. The molecule has 4 N–H and O–H groups in total. The minimum absolute atomic E-state index is 0.0415. The molecule has 12 nitrogen and oxygen atoms in total. The number of benzene rings is 4. The average Bonchev–Trinajstić information content (AvgIpc) is 3.63. The predicted molar refractivity (Wildman–Crippen MR) is 182 cm³/mol. The van der Waals surface area contributed by atoms with Gasteiger partial charge in [-0.15, -0.1) is 5.06 Å². The van der Waals surface area contributed by atoms with Gasteiger partial charge < -0.3 is 44.1 Å². The number of hydrogen-bond donors (Lipinski definition) is 4. The summed E-state index contributed by atoms with van der Waals surface area (Å²) >= 11 is 0. The zero-order valence-electron chi connectivity index (χ0n) is 27.1. The lowest BCUT2D eigenvalue weighted by atomic mass is 10.0. The molecule has 4 aromatic carbocycles. The molecule has 0 saturated carbocycles. The van der Waals surface area contributed by atoms with Crippen LogP contribution in [0.5, 0.6) is 34.5 Å². The van der Waals surface area contributed by atoms with Crippen LogP contribution in [-0.4, -0.2) is 80.3 Å². The highest BCUT2D eigenvalue weighted by molar-refractivity contribution is 5.86. The summed E-state index contributed by atoms with van der Waals surface area (Å²) in [6.45, 7) is 6.95. The molecule has 2 aliphatic heterocycles. The van der Waals surface area contributed by atoms with Gasteiger partial charge in [0.05, 0.1) is 55.4 Å². The number of nitrogens with zero attached hydrogens (tertiary/aromatic N) is 5. The number of aromatic amines is 1. The van der Waals surface area contributed by atoms with Crippen molar-refractivity contribution < 1.29 is 29.6 Å². The molecule has 8 rings (SSSR count). The molecular formula is C36H36N6O6. The van der Waals surface area contributed by atoms with E-state index in [0.717, 1.165) is 40.7 Å². The van der Waals surface area contributed by atoms with Crippen molar-refractivity contribution >= 4 is 27.8 Å². The number of ether oxygens (including phenoxy) is 2. The molecule has 0 unspecified atom stereocenters. The first-order chi connectivity index (χ1) is 23.2. The number of H-pyrrole nitrogens is 1. The van der Waals surface area contributed by atoms with E-state index in [1.807, 2.05) is 24.3 Å². The van der Waals surface area contributed by atoms with E-state index in [1.54, 1.807) is 30.2 Å². The lowest BCUT2D eigenvalue weighted by Crippen LogP contribution is -2.49. The monoisotopic (exact) mass is 648 g/mol. The van der Waals surface area contributed by atoms with Gasteiger partial charge in [-0.2, -0.15) is 0 Å². The highest BCUT2D eigenvalue weighted by Gasteiger charge is 2.35. The third-order valence-corrected chi connectivity index (χ3v) is 9.50. The Morgan fingerprint density at radius 3 is 2.27 bits per heavy atom. The molecule has 0 spiro atoms. The number of hydrogen-bond acceptors (Lipinski definition) is 10. The van der Waals surface area contributed by atoms with Gasteiger partial charge in [-0.3, -0.25) is 0 Å². The summed E-state index contributed by atoms with van der Waals surface area (Å²) in [5, 5.41) is 33.9. The third-order valence-electron chi connectivity index (χ3n) is 9.50. The van der Waals surface area contributed by atoms with Gasteiger partial charge in [-0.25, -0.2) is 9.97 Å². The Hall–Kier alpha value is -5.62. The number of methoxy groups -OCH3 is 2. The lowest BCUT2D eigenvalue weighted by Gasteiger charge is -2.39. The molecule has 2 fully saturated rings. The summed E-state index contributed by atoms with van der Waals surface area (Å²) in [4.78, 5) is 21.9. The van der Waals surface area contributed by atoms with Crippen molar-refractivity contribution in [2.24, 2.45) is 0 Å². The van der Waals surface area contributed by atoms with Crippen molar-refractivity contribution in [3.05, 3.63) is 65.7 Å². The number of aromatic nitrogens is 4. The Kier molecular flexibility index (Phi) is 6.99. The Morgan fingerprint density at radius 2 is 1.54 bits per heavy atom. The predicted octanol–water partition coefficient (Wildman–Crippen LogP) is 6.06. The fourth-order valence-corrected chi connectivity index (χ4v) is 6.65. The minimum atomic E-state index is -0.309. The van der Waals surface area contributed by atoms with Gasteiger partial charge in [0, 0.05) is 35.5 Å². The topological polar surface area (TPSA) is 141 Å². The van der Waals surface area contributed by atoms with E-state index in [4.69, 9.17) is 24.3 Å². The summed E-state index contributed by atoms with van der Waals surface area (Å²) in [6.07, 6.45) is 1.20. The maximum absolute atomic E-state index is 11.1. The Balaban J connectivity index is 1.09. The quantitative estimate of drug-likeness (QED) is 0.144. The van der Waals surface area contributed by atoms with Crippen LogP contribution in [0.15, 0.2) is 54.6 Å². The van der Waals surface area contributed by atoms with E-state index in [0.29, 0.717) is 35.9 Å². The molecule has 2 aliphatic rings. The first-order valence-corrected chi connectivity index (χ1v) is 15.9. The molecule has 48 heavy (non-hydrogen) atoms. The first kappa shape index (κ1) is 29.8. The van der Waals surface area contributed by atoms with E-state index in [1.165, 1.54) is 31.9 Å². The largest absolute Gasteiger partial charge is 0.504 e. The number of fused-ring (bicyclic) bond motifs is 2. The van der Waals surface area contributed by atoms with Crippen LogP contribution in [0, 0.1) is 13.8 Å². The maximum Gasteiger partial charge on any atom is 0.203 e. The molecule has 0 amide bonds. The second-order valence-electron chi connectivity index (χ2n) is 12.4. The van der Waals surface area contributed by atoms with Crippen molar-refractivity contribution in [3.63, 3.8) is 0 Å². The van der Waals surface area contributed by atoms with Gasteiger partial charge in [0.25, 0.3) is 0 Å². The van der Waals surface area contributed by atoms with E-state index < -0.39 is 0 Å². The van der Waals surface area contributed by atoms with Gasteiger partial charge >= 0.3 is 0 Å². The number of phenolic OH excluding ortho intramolecular Hbond substituents is 3. The van der Waals surface area contributed by atoms with E-state index in [9.17, 15) is 15.3 Å². The summed E-state index contributed by atoms with van der Waals surface area (Å²) in [6, 6.07) is 17.2. The van der Waals surface area contributed by atoms with Crippen LogP contribution in [0.3, 0.4) is 0 Å². The van der Waals surface area contributed by atoms with Gasteiger partial charge in [0.15, 0.2) is 23.0 Å². The average molecular weight is 649 g/mol. The zero-order valence-corrected chi connectivity index (χ0v) is 27.1. The van der Waals surface area contributed by atoms with Crippen molar-refractivity contribution in [2.75, 3.05) is 45.3 Å². The summed E-state index contributed by atoms with van der Waals surface area (Å²) < 4.78 is 13.0. The fraction of sp³-hybridized carbons (Fsp3) is 0.278. The number of para-hydroxylation sites is 2. The van der Waals surface area contributed by atoms with Crippen LogP contribution >= 0.6 is 0 Å². The minimum Gasteiger partial charge on any atom is -0.504 e. The van der Waals surface area contributed by atoms with Crippen LogP contribution in [0.25, 0.3) is 44.8 Å². The van der Waals surface area contributed by atoms with Crippen LogP contribution in [0.4, 0.5) is 5.69 Å². The number of anilines is 1. The number of rotatable bonds is 8. The molecule has 6 aromatic rings. The lowest BCUT2D eigenvalue weighted by molar-refractivity contribution is -0.134. The number of imidazole rings is 2. The van der Waals surface area contributed by atoms with Crippen LogP contribution in [0.1, 0.15) is 23.6 Å².